The molecule has 1 aromatic rings. The van der Waals surface area contributed by atoms with E-state index in [0.29, 0.717) is 4.67 Å². The maximum atomic E-state index is 11.9. The molecule has 2 unspecified atom stereocenters. The van der Waals surface area contributed by atoms with E-state index in [-0.39, 0.29) is 36.8 Å². The van der Waals surface area contributed by atoms with Gasteiger partial charge in [-0.25, -0.2) is 0 Å². The van der Waals surface area contributed by atoms with Gasteiger partial charge in [0, 0.05) is 18.6 Å². The van der Waals surface area contributed by atoms with Crippen LogP contribution in [0.4, 0.5) is 0 Å². The number of halogens is 1. The molecule has 3 N–H and O–H groups in total. The molecule has 1 aromatic heterocycles. The van der Waals surface area contributed by atoms with Crippen LogP contribution in [-0.4, -0.2) is 36.1 Å². The van der Waals surface area contributed by atoms with Crippen molar-refractivity contribution < 1.29 is 19.1 Å². The van der Waals surface area contributed by atoms with Crippen molar-refractivity contribution in [2.75, 3.05) is 13.2 Å². The highest BCUT2D eigenvalue weighted by Crippen LogP contribution is 2.23. The summed E-state index contributed by atoms with van der Waals surface area (Å²) < 4.78 is 5.56. The second kappa shape index (κ2) is 7.61. The van der Waals surface area contributed by atoms with Crippen molar-refractivity contribution in [3.05, 3.63) is 22.6 Å². The molecule has 2 rings (SSSR count). The first-order chi connectivity index (χ1) is 10.1. The van der Waals surface area contributed by atoms with Crippen molar-refractivity contribution >= 4 is 27.7 Å². The molecule has 0 spiro atoms. The van der Waals surface area contributed by atoms with Gasteiger partial charge in [0.15, 0.2) is 10.4 Å². The van der Waals surface area contributed by atoms with E-state index in [9.17, 15) is 14.7 Å². The van der Waals surface area contributed by atoms with Gasteiger partial charge in [-0.1, -0.05) is 12.8 Å². The maximum absolute atomic E-state index is 11.9. The Bertz CT molecular complexity index is 503. The van der Waals surface area contributed by atoms with Crippen molar-refractivity contribution in [3.63, 3.8) is 0 Å². The topological polar surface area (TPSA) is 91.6 Å². The van der Waals surface area contributed by atoms with Crippen LogP contribution in [0.5, 0.6) is 0 Å². The molecular weight excluding hydrogens is 340 g/mol. The normalized spacial score (nSPS) is 21.8. The zero-order valence-corrected chi connectivity index (χ0v) is 13.2. The minimum atomic E-state index is -0.432. The van der Waals surface area contributed by atoms with E-state index in [1.165, 1.54) is 6.07 Å². The first-order valence-electron chi connectivity index (χ1n) is 7.04. The Balaban J connectivity index is 1.77. The molecule has 0 aliphatic heterocycles. The summed E-state index contributed by atoms with van der Waals surface area (Å²) >= 11 is 3.11. The van der Waals surface area contributed by atoms with Gasteiger partial charge < -0.3 is 20.2 Å². The van der Waals surface area contributed by atoms with Gasteiger partial charge in [0.1, 0.15) is 0 Å². The fraction of sp³-hybridized carbons (Fsp3) is 0.571. The van der Waals surface area contributed by atoms with Gasteiger partial charge in [-0.2, -0.15) is 0 Å². The molecule has 2 atom stereocenters. The van der Waals surface area contributed by atoms with Crippen LogP contribution in [0, 0.1) is 5.92 Å². The predicted octanol–water partition coefficient (Wildman–Crippen LogP) is 1.44. The molecule has 1 fully saturated rings. The lowest BCUT2D eigenvalue weighted by molar-refractivity contribution is -0.121. The summed E-state index contributed by atoms with van der Waals surface area (Å²) in [6, 6.07) is 3.13. The molecule has 21 heavy (non-hydrogen) atoms. The van der Waals surface area contributed by atoms with Gasteiger partial charge in [0.2, 0.25) is 5.91 Å². The average Bonchev–Trinajstić information content (AvgIpc) is 2.92. The number of rotatable bonds is 5. The Morgan fingerprint density at radius 1 is 1.33 bits per heavy atom. The van der Waals surface area contributed by atoms with Gasteiger partial charge in [-0.15, -0.1) is 0 Å². The molecule has 0 aromatic carbocycles. The van der Waals surface area contributed by atoms with E-state index in [4.69, 9.17) is 4.42 Å². The number of amides is 2. The third-order valence-corrected chi connectivity index (χ3v) is 4.12. The second-order valence-corrected chi connectivity index (χ2v) is 5.97. The van der Waals surface area contributed by atoms with Crippen molar-refractivity contribution in [3.8, 4) is 0 Å². The first kappa shape index (κ1) is 16.0. The highest BCUT2D eigenvalue weighted by molar-refractivity contribution is 9.10. The quantitative estimate of drug-likeness (QED) is 0.742. The third kappa shape index (κ3) is 4.57. The van der Waals surface area contributed by atoms with Crippen LogP contribution in [0.1, 0.15) is 36.2 Å². The standard InChI is InChI=1S/C14H19BrN2O4/c15-12-6-5-11(21-12)14(20)16-7-13(19)17-10-4-2-1-3-9(10)8-18/h5-6,9-10,18H,1-4,7-8H2,(H,16,20)(H,17,19). The summed E-state index contributed by atoms with van der Waals surface area (Å²) in [6.45, 7) is -0.0243. The van der Waals surface area contributed by atoms with Crippen molar-refractivity contribution in [1.29, 1.82) is 0 Å². The number of furan rings is 1. The molecule has 0 radical (unpaired) electrons. The summed E-state index contributed by atoms with van der Waals surface area (Å²) in [6.07, 6.45) is 3.93. The summed E-state index contributed by atoms with van der Waals surface area (Å²) in [4.78, 5) is 23.6. The lowest BCUT2D eigenvalue weighted by Crippen LogP contribution is -2.47. The Hall–Kier alpha value is -1.34. The monoisotopic (exact) mass is 358 g/mol. The number of carbonyl (C=O) groups excluding carboxylic acids is 2. The minimum absolute atomic E-state index is 0.00842. The Morgan fingerprint density at radius 2 is 2.10 bits per heavy atom. The molecular formula is C14H19BrN2O4. The average molecular weight is 359 g/mol. The minimum Gasteiger partial charge on any atom is -0.444 e. The fourth-order valence-corrected chi connectivity index (χ4v) is 2.86. The third-order valence-electron chi connectivity index (χ3n) is 3.70. The maximum Gasteiger partial charge on any atom is 0.287 e. The number of aliphatic hydroxyl groups excluding tert-OH is 1. The summed E-state index contributed by atoms with van der Waals surface area (Å²) in [5.74, 6) is -0.419. The van der Waals surface area contributed by atoms with Crippen LogP contribution >= 0.6 is 15.9 Å². The number of carbonyl (C=O) groups is 2. The van der Waals surface area contributed by atoms with Crippen LogP contribution in [0.15, 0.2) is 21.2 Å². The highest BCUT2D eigenvalue weighted by atomic mass is 79.9. The van der Waals surface area contributed by atoms with E-state index in [1.54, 1.807) is 6.07 Å². The number of nitrogens with one attached hydrogen (secondary N) is 2. The number of aliphatic hydroxyl groups is 1. The zero-order chi connectivity index (χ0) is 15.2. The van der Waals surface area contributed by atoms with Gasteiger partial charge in [0.25, 0.3) is 5.91 Å². The molecule has 1 heterocycles. The lowest BCUT2D eigenvalue weighted by Gasteiger charge is -2.30. The molecule has 1 aliphatic carbocycles. The number of hydrogen-bond donors (Lipinski definition) is 3. The molecule has 7 heteroatoms. The van der Waals surface area contributed by atoms with E-state index in [0.717, 1.165) is 25.7 Å². The summed E-state index contributed by atoms with van der Waals surface area (Å²) in [5, 5.41) is 14.7. The van der Waals surface area contributed by atoms with Gasteiger partial charge in [-0.05, 0) is 40.9 Å². The Labute approximate surface area is 131 Å². The van der Waals surface area contributed by atoms with Crippen molar-refractivity contribution in [1.82, 2.24) is 10.6 Å². The second-order valence-electron chi connectivity index (χ2n) is 5.19. The fourth-order valence-electron chi connectivity index (χ4n) is 2.56. The van der Waals surface area contributed by atoms with Crippen LogP contribution in [0.3, 0.4) is 0 Å². The molecule has 0 saturated heterocycles. The molecule has 116 valence electrons. The molecule has 1 aliphatic rings. The Morgan fingerprint density at radius 3 is 2.76 bits per heavy atom. The molecule has 1 saturated carbocycles. The van der Waals surface area contributed by atoms with Crippen molar-refractivity contribution in [2.24, 2.45) is 5.92 Å². The molecule has 0 bridgehead atoms. The largest absolute Gasteiger partial charge is 0.444 e. The van der Waals surface area contributed by atoms with E-state index >= 15 is 0 Å². The lowest BCUT2D eigenvalue weighted by atomic mass is 9.85. The highest BCUT2D eigenvalue weighted by Gasteiger charge is 2.25. The smallest absolute Gasteiger partial charge is 0.287 e. The summed E-state index contributed by atoms with van der Waals surface area (Å²) in [7, 11) is 0. The van der Waals surface area contributed by atoms with Crippen molar-refractivity contribution in [2.45, 2.75) is 31.7 Å². The number of hydrogen-bond acceptors (Lipinski definition) is 4. The van der Waals surface area contributed by atoms with Crippen LogP contribution in [-0.2, 0) is 4.79 Å². The predicted molar refractivity (Wildman–Crippen MR) is 79.7 cm³/mol. The first-order valence-corrected chi connectivity index (χ1v) is 7.83. The van der Waals surface area contributed by atoms with Crippen LogP contribution in [0.2, 0.25) is 0 Å². The molecule has 2 amide bonds. The van der Waals surface area contributed by atoms with E-state index < -0.39 is 5.91 Å². The van der Waals surface area contributed by atoms with Crippen LogP contribution < -0.4 is 10.6 Å². The van der Waals surface area contributed by atoms with Gasteiger partial charge in [0.05, 0.1) is 6.54 Å². The van der Waals surface area contributed by atoms with Gasteiger partial charge >= 0.3 is 0 Å². The zero-order valence-electron chi connectivity index (χ0n) is 11.6. The van der Waals surface area contributed by atoms with Gasteiger partial charge in [-0.3, -0.25) is 9.59 Å². The van der Waals surface area contributed by atoms with E-state index in [1.807, 2.05) is 0 Å². The van der Waals surface area contributed by atoms with Crippen LogP contribution in [0.25, 0.3) is 0 Å². The Kier molecular flexibility index (Phi) is 5.81. The summed E-state index contributed by atoms with van der Waals surface area (Å²) in [5.41, 5.74) is 0. The SMILES string of the molecule is O=C(CNC(=O)c1ccc(Br)o1)NC1CCCCC1CO. The molecule has 6 nitrogen and oxygen atoms in total. The van der Waals surface area contributed by atoms with E-state index in [2.05, 4.69) is 26.6 Å².